The first-order valence-electron chi connectivity index (χ1n) is 8.44. The Labute approximate surface area is 142 Å². The van der Waals surface area contributed by atoms with Crippen molar-refractivity contribution < 1.29 is 9.59 Å². The van der Waals surface area contributed by atoms with Gasteiger partial charge in [-0.25, -0.2) is 0 Å². The molecule has 0 saturated carbocycles. The lowest BCUT2D eigenvalue weighted by molar-refractivity contribution is -0.123. The Morgan fingerprint density at radius 2 is 1.75 bits per heavy atom. The van der Waals surface area contributed by atoms with Crippen molar-refractivity contribution in [2.75, 3.05) is 10.6 Å². The molecule has 0 bridgehead atoms. The van der Waals surface area contributed by atoms with Crippen LogP contribution in [0.5, 0.6) is 0 Å². The van der Waals surface area contributed by atoms with Crippen LogP contribution in [0.2, 0.25) is 0 Å². The van der Waals surface area contributed by atoms with E-state index in [0.717, 1.165) is 40.9 Å². The molecule has 1 aliphatic heterocycles. The molecule has 0 aromatic heterocycles. The van der Waals surface area contributed by atoms with E-state index in [-0.39, 0.29) is 18.2 Å². The second-order valence-electron chi connectivity index (χ2n) is 6.04. The van der Waals surface area contributed by atoms with E-state index in [1.807, 2.05) is 42.5 Å². The topological polar surface area (TPSA) is 58.2 Å². The van der Waals surface area contributed by atoms with E-state index in [2.05, 4.69) is 24.5 Å². The number of amides is 2. The molecule has 2 amide bonds. The average molecular weight is 322 g/mol. The summed E-state index contributed by atoms with van der Waals surface area (Å²) >= 11 is 0. The third-order valence-corrected chi connectivity index (χ3v) is 4.56. The van der Waals surface area contributed by atoms with Crippen LogP contribution in [0, 0.1) is 0 Å². The number of nitrogens with one attached hydrogen (secondary N) is 2. The van der Waals surface area contributed by atoms with E-state index in [0.29, 0.717) is 0 Å². The monoisotopic (exact) mass is 322 g/mol. The Hall–Kier alpha value is -2.62. The Kier molecular flexibility index (Phi) is 4.65. The van der Waals surface area contributed by atoms with Crippen molar-refractivity contribution in [3.8, 4) is 0 Å². The molecule has 2 aromatic carbocycles. The van der Waals surface area contributed by atoms with Crippen molar-refractivity contribution in [2.45, 2.75) is 39.0 Å². The number of aryl methyl sites for hydroxylation is 2. The molecule has 1 heterocycles. The number of carbonyl (C=O) groups is 2. The number of para-hydroxylation sites is 2. The molecule has 1 unspecified atom stereocenters. The molecule has 4 heteroatoms. The second kappa shape index (κ2) is 6.87. The maximum absolute atomic E-state index is 12.9. The summed E-state index contributed by atoms with van der Waals surface area (Å²) in [6.45, 7) is 4.15. The second-order valence-corrected chi connectivity index (χ2v) is 6.04. The molecule has 1 aliphatic rings. The third-order valence-electron chi connectivity index (χ3n) is 4.56. The van der Waals surface area contributed by atoms with Gasteiger partial charge in [-0.15, -0.1) is 0 Å². The zero-order valence-electron chi connectivity index (χ0n) is 14.1. The van der Waals surface area contributed by atoms with Gasteiger partial charge in [-0.1, -0.05) is 50.2 Å². The van der Waals surface area contributed by atoms with E-state index < -0.39 is 5.92 Å². The molecule has 1 atom stereocenters. The van der Waals surface area contributed by atoms with Gasteiger partial charge in [-0.05, 0) is 35.6 Å². The Bertz CT molecular complexity index is 761. The quantitative estimate of drug-likeness (QED) is 0.897. The van der Waals surface area contributed by atoms with Gasteiger partial charge in [-0.3, -0.25) is 9.59 Å². The Balaban J connectivity index is 1.93. The number of hydrogen-bond donors (Lipinski definition) is 2. The molecule has 2 N–H and O–H groups in total. The van der Waals surface area contributed by atoms with E-state index in [1.54, 1.807) is 0 Å². The molecule has 0 fully saturated rings. The molecule has 0 spiro atoms. The fraction of sp³-hybridized carbons (Fsp3) is 0.300. The highest BCUT2D eigenvalue weighted by atomic mass is 16.2. The largest absolute Gasteiger partial charge is 0.326 e. The van der Waals surface area contributed by atoms with Gasteiger partial charge in [0.2, 0.25) is 11.8 Å². The first-order valence-corrected chi connectivity index (χ1v) is 8.44. The molecule has 3 rings (SSSR count). The van der Waals surface area contributed by atoms with Crippen LogP contribution < -0.4 is 10.6 Å². The van der Waals surface area contributed by atoms with Crippen molar-refractivity contribution in [3.63, 3.8) is 0 Å². The molecular formula is C20H22N2O2. The summed E-state index contributed by atoms with van der Waals surface area (Å²) in [6.07, 6.45) is 1.88. The zero-order chi connectivity index (χ0) is 17.1. The van der Waals surface area contributed by atoms with Crippen LogP contribution in [0.1, 0.15) is 42.9 Å². The van der Waals surface area contributed by atoms with Crippen LogP contribution in [0.25, 0.3) is 0 Å². The maximum Gasteiger partial charge on any atom is 0.232 e. The summed E-state index contributed by atoms with van der Waals surface area (Å²) in [5, 5.41) is 5.93. The van der Waals surface area contributed by atoms with E-state index in [1.165, 1.54) is 0 Å². The SMILES string of the molecule is CCc1cccc(CC)c1NC(=O)C1CC(=O)Nc2ccccc21. The molecule has 4 nitrogen and oxygen atoms in total. The van der Waals surface area contributed by atoms with Crippen LogP contribution in [0.3, 0.4) is 0 Å². The Morgan fingerprint density at radius 3 is 2.42 bits per heavy atom. The summed E-state index contributed by atoms with van der Waals surface area (Å²) in [5.74, 6) is -0.689. The number of anilines is 2. The molecule has 0 radical (unpaired) electrons. The molecule has 24 heavy (non-hydrogen) atoms. The number of rotatable bonds is 4. The fourth-order valence-corrected chi connectivity index (χ4v) is 3.26. The lowest BCUT2D eigenvalue weighted by Gasteiger charge is -2.25. The summed E-state index contributed by atoms with van der Waals surface area (Å²) < 4.78 is 0. The van der Waals surface area contributed by atoms with Gasteiger partial charge in [-0.2, -0.15) is 0 Å². The molecule has 2 aromatic rings. The van der Waals surface area contributed by atoms with E-state index in [9.17, 15) is 9.59 Å². The highest BCUT2D eigenvalue weighted by molar-refractivity contribution is 6.05. The number of fused-ring (bicyclic) bond motifs is 1. The fourth-order valence-electron chi connectivity index (χ4n) is 3.26. The molecule has 0 aliphatic carbocycles. The lowest BCUT2D eigenvalue weighted by atomic mass is 9.89. The minimum absolute atomic E-state index is 0.117. The first kappa shape index (κ1) is 16.2. The van der Waals surface area contributed by atoms with Crippen LogP contribution >= 0.6 is 0 Å². The van der Waals surface area contributed by atoms with Crippen molar-refractivity contribution in [1.29, 1.82) is 0 Å². The minimum atomic E-state index is -0.454. The van der Waals surface area contributed by atoms with Gasteiger partial charge in [0.15, 0.2) is 0 Å². The van der Waals surface area contributed by atoms with Gasteiger partial charge >= 0.3 is 0 Å². The summed E-state index contributed by atoms with van der Waals surface area (Å²) in [6, 6.07) is 13.6. The van der Waals surface area contributed by atoms with Crippen molar-refractivity contribution >= 4 is 23.2 Å². The highest BCUT2D eigenvalue weighted by Crippen LogP contribution is 2.33. The predicted molar refractivity (Wildman–Crippen MR) is 96.3 cm³/mol. The number of hydrogen-bond acceptors (Lipinski definition) is 2. The standard InChI is InChI=1S/C20H22N2O2/c1-3-13-8-7-9-14(4-2)19(13)22-20(24)16-12-18(23)21-17-11-6-5-10-15(16)17/h5-11,16H,3-4,12H2,1-2H3,(H,21,23)(H,22,24). The maximum atomic E-state index is 12.9. The van der Waals surface area contributed by atoms with Gasteiger partial charge in [0, 0.05) is 17.8 Å². The van der Waals surface area contributed by atoms with Crippen LogP contribution in [-0.2, 0) is 22.4 Å². The smallest absolute Gasteiger partial charge is 0.232 e. The summed E-state index contributed by atoms with van der Waals surface area (Å²) in [5.41, 5.74) is 4.75. The molecular weight excluding hydrogens is 300 g/mol. The summed E-state index contributed by atoms with van der Waals surface area (Å²) in [7, 11) is 0. The zero-order valence-corrected chi connectivity index (χ0v) is 14.1. The van der Waals surface area contributed by atoms with Crippen LogP contribution in [0.15, 0.2) is 42.5 Å². The Morgan fingerprint density at radius 1 is 1.08 bits per heavy atom. The highest BCUT2D eigenvalue weighted by Gasteiger charge is 2.30. The normalized spacial score (nSPS) is 16.2. The number of carbonyl (C=O) groups excluding carboxylic acids is 2. The molecule has 0 saturated heterocycles. The number of benzene rings is 2. The van der Waals surface area contributed by atoms with E-state index in [4.69, 9.17) is 0 Å². The van der Waals surface area contributed by atoms with Gasteiger partial charge in [0.1, 0.15) is 0 Å². The average Bonchev–Trinajstić information content (AvgIpc) is 2.61. The van der Waals surface area contributed by atoms with Crippen LogP contribution in [-0.4, -0.2) is 11.8 Å². The first-order chi connectivity index (χ1) is 11.6. The van der Waals surface area contributed by atoms with Gasteiger partial charge in [0.25, 0.3) is 0 Å². The molecule has 124 valence electrons. The van der Waals surface area contributed by atoms with Crippen molar-refractivity contribution in [3.05, 3.63) is 59.2 Å². The van der Waals surface area contributed by atoms with Crippen molar-refractivity contribution in [2.24, 2.45) is 0 Å². The van der Waals surface area contributed by atoms with Crippen molar-refractivity contribution in [1.82, 2.24) is 0 Å². The minimum Gasteiger partial charge on any atom is -0.326 e. The summed E-state index contributed by atoms with van der Waals surface area (Å²) in [4.78, 5) is 24.9. The van der Waals surface area contributed by atoms with Gasteiger partial charge in [0.05, 0.1) is 5.92 Å². The van der Waals surface area contributed by atoms with E-state index >= 15 is 0 Å². The van der Waals surface area contributed by atoms with Gasteiger partial charge < -0.3 is 10.6 Å². The third kappa shape index (κ3) is 3.04. The predicted octanol–water partition coefficient (Wildman–Crippen LogP) is 3.88. The lowest BCUT2D eigenvalue weighted by Crippen LogP contribution is -2.31. The van der Waals surface area contributed by atoms with Crippen LogP contribution in [0.4, 0.5) is 11.4 Å².